The van der Waals surface area contributed by atoms with Gasteiger partial charge in [-0.3, -0.25) is 9.59 Å². The first-order valence-electron chi connectivity index (χ1n) is 7.27. The van der Waals surface area contributed by atoms with Crippen molar-refractivity contribution >= 4 is 58.5 Å². The second-order valence-electron chi connectivity index (χ2n) is 4.96. The van der Waals surface area contributed by atoms with Gasteiger partial charge in [0, 0.05) is 18.4 Å². The molecule has 0 aliphatic carbocycles. The Hall–Kier alpha value is -2.08. The molecule has 2 rings (SSSR count). The van der Waals surface area contributed by atoms with Crippen molar-refractivity contribution in [3.05, 3.63) is 63.1 Å². The Kier molecular flexibility index (Phi) is 7.25. The van der Waals surface area contributed by atoms with Crippen molar-refractivity contribution in [2.45, 2.75) is 12.8 Å². The van der Waals surface area contributed by atoms with E-state index >= 15 is 0 Å². The molecule has 0 saturated carbocycles. The highest BCUT2D eigenvalue weighted by Gasteiger charge is 2.08. The molecular weight excluding hydrogens is 385 g/mol. The van der Waals surface area contributed by atoms with Crippen LogP contribution in [0, 0.1) is 0 Å². The third kappa shape index (κ3) is 6.05. The molecule has 0 bridgehead atoms. The number of rotatable bonds is 6. The lowest BCUT2D eigenvalue weighted by molar-refractivity contribution is -0.124. The maximum absolute atomic E-state index is 11.8. The number of hydrogen-bond donors (Lipinski definition) is 2. The minimum absolute atomic E-state index is 0.00446. The van der Waals surface area contributed by atoms with Crippen LogP contribution in [0.5, 0.6) is 0 Å². The van der Waals surface area contributed by atoms with E-state index in [0.29, 0.717) is 26.3 Å². The van der Waals surface area contributed by atoms with E-state index in [1.54, 1.807) is 42.5 Å². The lowest BCUT2D eigenvalue weighted by Crippen LogP contribution is -2.20. The van der Waals surface area contributed by atoms with Gasteiger partial charge < -0.3 is 5.32 Å². The number of carbonyl (C=O) groups excluding carboxylic acids is 2. The molecule has 0 heterocycles. The first-order chi connectivity index (χ1) is 12.0. The number of para-hydroxylation sites is 1. The zero-order valence-electron chi connectivity index (χ0n) is 12.9. The van der Waals surface area contributed by atoms with Gasteiger partial charge in [-0.15, -0.1) is 0 Å². The fourth-order valence-corrected chi connectivity index (χ4v) is 2.39. The Bertz CT molecular complexity index is 809. The monoisotopic (exact) mass is 397 g/mol. The molecule has 0 aromatic heterocycles. The summed E-state index contributed by atoms with van der Waals surface area (Å²) in [6.07, 6.45) is 1.37. The Morgan fingerprint density at radius 1 is 0.920 bits per heavy atom. The Labute approximate surface area is 160 Å². The van der Waals surface area contributed by atoms with Gasteiger partial charge in [-0.05, 0) is 18.2 Å². The molecule has 0 atom stereocenters. The minimum Gasteiger partial charge on any atom is -0.325 e. The van der Waals surface area contributed by atoms with Crippen LogP contribution >= 0.6 is 34.8 Å². The van der Waals surface area contributed by atoms with Gasteiger partial charge in [0.25, 0.3) is 0 Å². The maximum Gasteiger partial charge on any atom is 0.240 e. The molecule has 2 aromatic rings. The van der Waals surface area contributed by atoms with Gasteiger partial charge in [-0.1, -0.05) is 59.1 Å². The number of hydrogen-bond acceptors (Lipinski definition) is 3. The van der Waals surface area contributed by atoms with Crippen LogP contribution in [-0.2, 0) is 9.59 Å². The number of carbonyl (C=O) groups is 2. The molecule has 0 aliphatic heterocycles. The molecule has 25 heavy (non-hydrogen) atoms. The summed E-state index contributed by atoms with van der Waals surface area (Å²) in [4.78, 5) is 23.5. The van der Waals surface area contributed by atoms with Crippen LogP contribution in [0.25, 0.3) is 0 Å². The van der Waals surface area contributed by atoms with Gasteiger partial charge in [-0.25, -0.2) is 5.43 Å². The largest absolute Gasteiger partial charge is 0.325 e. The molecule has 5 nitrogen and oxygen atoms in total. The maximum atomic E-state index is 11.8. The highest BCUT2D eigenvalue weighted by atomic mass is 35.5. The van der Waals surface area contributed by atoms with Gasteiger partial charge in [0.15, 0.2) is 0 Å². The molecule has 130 valence electrons. The molecule has 0 aliphatic rings. The lowest BCUT2D eigenvalue weighted by atomic mass is 10.2. The summed E-state index contributed by atoms with van der Waals surface area (Å²) in [5, 5.41) is 7.62. The van der Waals surface area contributed by atoms with Crippen LogP contribution in [-0.4, -0.2) is 18.0 Å². The molecule has 0 unspecified atom stereocenters. The second-order valence-corrected chi connectivity index (χ2v) is 6.16. The first-order valence-corrected chi connectivity index (χ1v) is 8.41. The first kappa shape index (κ1) is 19.2. The van der Waals surface area contributed by atoms with E-state index < -0.39 is 5.91 Å². The van der Waals surface area contributed by atoms with Gasteiger partial charge in [0.2, 0.25) is 11.8 Å². The second kappa shape index (κ2) is 9.42. The zero-order valence-corrected chi connectivity index (χ0v) is 15.2. The van der Waals surface area contributed by atoms with Crippen LogP contribution in [0.3, 0.4) is 0 Å². The summed E-state index contributed by atoms with van der Waals surface area (Å²) in [5.74, 6) is -0.714. The fraction of sp³-hybridized carbons (Fsp3) is 0.118. The van der Waals surface area contributed by atoms with E-state index in [9.17, 15) is 9.59 Å². The highest BCUT2D eigenvalue weighted by Crippen LogP contribution is 2.24. The van der Waals surface area contributed by atoms with E-state index in [1.807, 2.05) is 0 Å². The fourth-order valence-electron chi connectivity index (χ4n) is 1.85. The quantitative estimate of drug-likeness (QED) is 0.555. The summed E-state index contributed by atoms with van der Waals surface area (Å²) in [5.41, 5.74) is 3.41. The molecule has 0 radical (unpaired) electrons. The lowest BCUT2D eigenvalue weighted by Gasteiger charge is -2.06. The normalized spacial score (nSPS) is 10.7. The van der Waals surface area contributed by atoms with Crippen molar-refractivity contribution in [3.63, 3.8) is 0 Å². The van der Waals surface area contributed by atoms with E-state index in [1.165, 1.54) is 6.21 Å². The highest BCUT2D eigenvalue weighted by molar-refractivity contribution is 6.43. The Balaban J connectivity index is 1.79. The standard InChI is InChI=1S/C17H14Cl3N3O2/c18-12-5-1-2-7-14(12)22-15(24)8-9-16(25)23-21-10-11-4-3-6-13(19)17(11)20/h1-7,10H,8-9H2,(H,22,24)(H,23,25). The minimum atomic E-state index is -0.399. The summed E-state index contributed by atoms with van der Waals surface area (Å²) in [7, 11) is 0. The summed E-state index contributed by atoms with van der Waals surface area (Å²) < 4.78 is 0. The molecule has 2 amide bonds. The predicted molar refractivity (Wildman–Crippen MR) is 102 cm³/mol. The van der Waals surface area contributed by atoms with E-state index in [0.717, 1.165) is 0 Å². The van der Waals surface area contributed by atoms with Crippen LogP contribution in [0.4, 0.5) is 5.69 Å². The Morgan fingerprint density at radius 3 is 2.36 bits per heavy atom. The summed E-state index contributed by atoms with van der Waals surface area (Å²) >= 11 is 17.8. The van der Waals surface area contributed by atoms with Crippen LogP contribution in [0.1, 0.15) is 18.4 Å². The van der Waals surface area contributed by atoms with Crippen LogP contribution in [0.2, 0.25) is 15.1 Å². The van der Waals surface area contributed by atoms with Gasteiger partial charge in [0.05, 0.1) is 27.0 Å². The number of nitrogens with zero attached hydrogens (tertiary/aromatic N) is 1. The molecule has 8 heteroatoms. The van der Waals surface area contributed by atoms with Crippen molar-refractivity contribution < 1.29 is 9.59 Å². The molecule has 0 spiro atoms. The number of halogens is 3. The van der Waals surface area contributed by atoms with E-state index in [2.05, 4.69) is 15.8 Å². The van der Waals surface area contributed by atoms with Crippen molar-refractivity contribution in [1.82, 2.24) is 5.43 Å². The topological polar surface area (TPSA) is 70.6 Å². The molecular formula is C17H14Cl3N3O2. The van der Waals surface area contributed by atoms with E-state index in [4.69, 9.17) is 34.8 Å². The van der Waals surface area contributed by atoms with Gasteiger partial charge >= 0.3 is 0 Å². The van der Waals surface area contributed by atoms with Gasteiger partial charge in [0.1, 0.15) is 0 Å². The Morgan fingerprint density at radius 2 is 1.60 bits per heavy atom. The SMILES string of the molecule is O=C(CCC(=O)Nc1ccccc1Cl)NN=Cc1cccc(Cl)c1Cl. The van der Waals surface area contributed by atoms with E-state index in [-0.39, 0.29) is 18.7 Å². The number of amides is 2. The van der Waals surface area contributed by atoms with Crippen LogP contribution < -0.4 is 10.7 Å². The number of hydrazone groups is 1. The molecule has 2 N–H and O–H groups in total. The molecule has 0 fully saturated rings. The van der Waals surface area contributed by atoms with Gasteiger partial charge in [-0.2, -0.15) is 5.10 Å². The number of nitrogens with one attached hydrogen (secondary N) is 2. The van der Waals surface area contributed by atoms with Crippen molar-refractivity contribution in [1.29, 1.82) is 0 Å². The summed E-state index contributed by atoms with van der Waals surface area (Å²) in [6, 6.07) is 11.9. The average molecular weight is 399 g/mol. The third-order valence-corrected chi connectivity index (χ3v) is 4.26. The zero-order chi connectivity index (χ0) is 18.2. The third-order valence-electron chi connectivity index (χ3n) is 3.10. The molecule has 0 saturated heterocycles. The summed E-state index contributed by atoms with van der Waals surface area (Å²) in [6.45, 7) is 0. The van der Waals surface area contributed by atoms with Crippen molar-refractivity contribution in [3.8, 4) is 0 Å². The predicted octanol–water partition coefficient (Wildman–Crippen LogP) is 4.52. The van der Waals surface area contributed by atoms with Crippen molar-refractivity contribution in [2.24, 2.45) is 5.10 Å². The van der Waals surface area contributed by atoms with Crippen LogP contribution in [0.15, 0.2) is 47.6 Å². The van der Waals surface area contributed by atoms with Crippen molar-refractivity contribution in [2.75, 3.05) is 5.32 Å². The molecule has 2 aromatic carbocycles. The number of anilines is 1. The smallest absolute Gasteiger partial charge is 0.240 e. The number of benzene rings is 2. The average Bonchev–Trinajstić information content (AvgIpc) is 2.59.